The molecule has 7 heteroatoms. The Hall–Kier alpha value is -3.51. The van der Waals surface area contributed by atoms with Gasteiger partial charge in [-0.15, -0.1) is 12.4 Å². The van der Waals surface area contributed by atoms with E-state index in [1.165, 1.54) is 0 Å². The molecule has 0 saturated heterocycles. The van der Waals surface area contributed by atoms with Crippen LogP contribution >= 0.6 is 12.4 Å². The van der Waals surface area contributed by atoms with Gasteiger partial charge in [-0.25, -0.2) is 9.59 Å². The van der Waals surface area contributed by atoms with Gasteiger partial charge in [0.25, 0.3) is 0 Å². The number of rotatable bonds is 6. The maximum absolute atomic E-state index is 12.9. The predicted molar refractivity (Wildman–Crippen MR) is 110 cm³/mol. The number of hydrogen-bond acceptors (Lipinski definition) is 6. The molecule has 0 atom stereocenters. The van der Waals surface area contributed by atoms with Crippen LogP contribution < -0.4 is 9.47 Å². The summed E-state index contributed by atoms with van der Waals surface area (Å²) in [4.78, 5) is 25.8. The van der Waals surface area contributed by atoms with Crippen molar-refractivity contribution in [2.75, 3.05) is 0 Å². The highest BCUT2D eigenvalue weighted by Crippen LogP contribution is 2.40. The first-order valence-electron chi connectivity index (χ1n) is 9.07. The predicted octanol–water partition coefficient (Wildman–Crippen LogP) is 4.06. The smallest absolute Gasteiger partial charge is 0.453 e. The number of hydrogen-bond donors (Lipinski definition) is 0. The van der Waals surface area contributed by atoms with Gasteiger partial charge in [0.2, 0.25) is 0 Å². The van der Waals surface area contributed by atoms with Crippen LogP contribution in [0.25, 0.3) is 0 Å². The summed E-state index contributed by atoms with van der Waals surface area (Å²) < 4.78 is 21.9. The van der Waals surface area contributed by atoms with Crippen LogP contribution in [0.3, 0.4) is 0 Å². The van der Waals surface area contributed by atoms with Gasteiger partial charge in [-0.2, -0.15) is 0 Å². The van der Waals surface area contributed by atoms with Crippen molar-refractivity contribution in [3.8, 4) is 11.5 Å². The molecule has 0 aromatic heterocycles. The second-order valence-corrected chi connectivity index (χ2v) is 6.39. The Morgan fingerprint density at radius 1 is 0.633 bits per heavy atom. The van der Waals surface area contributed by atoms with Gasteiger partial charge < -0.3 is 18.9 Å². The zero-order valence-corrected chi connectivity index (χ0v) is 16.7. The molecular weight excluding hydrogens is 408 g/mol. The van der Waals surface area contributed by atoms with E-state index in [-0.39, 0.29) is 37.1 Å². The van der Waals surface area contributed by atoms with Crippen LogP contribution in [0.1, 0.15) is 11.1 Å². The SMILES string of the molecule is Cl.O=C(OCc1ccccc1)C1(C(=O)OCc2ccccc2)Oc2ccccc2O1. The Morgan fingerprint density at radius 2 is 1.00 bits per heavy atom. The summed E-state index contributed by atoms with van der Waals surface area (Å²) in [5.41, 5.74) is 1.54. The monoisotopic (exact) mass is 426 g/mol. The molecular formula is C23H19ClO6. The third kappa shape index (κ3) is 4.39. The zero-order valence-electron chi connectivity index (χ0n) is 15.9. The van der Waals surface area contributed by atoms with E-state index in [1.807, 2.05) is 36.4 Å². The fourth-order valence-electron chi connectivity index (χ4n) is 2.84. The van der Waals surface area contributed by atoms with Crippen molar-refractivity contribution in [2.24, 2.45) is 0 Å². The van der Waals surface area contributed by atoms with Gasteiger partial charge in [0, 0.05) is 0 Å². The normalized spacial score (nSPS) is 13.1. The average Bonchev–Trinajstić information content (AvgIpc) is 3.18. The van der Waals surface area contributed by atoms with Crippen LogP contribution in [-0.2, 0) is 32.3 Å². The Morgan fingerprint density at radius 3 is 1.40 bits per heavy atom. The molecule has 4 rings (SSSR count). The first-order valence-corrected chi connectivity index (χ1v) is 9.07. The molecule has 3 aromatic rings. The molecule has 0 radical (unpaired) electrons. The van der Waals surface area contributed by atoms with Crippen molar-refractivity contribution in [3.63, 3.8) is 0 Å². The van der Waals surface area contributed by atoms with Crippen molar-refractivity contribution >= 4 is 24.3 Å². The Labute approximate surface area is 179 Å². The Kier molecular flexibility index (Phi) is 6.59. The molecule has 0 saturated carbocycles. The van der Waals surface area contributed by atoms with Crippen molar-refractivity contribution in [1.82, 2.24) is 0 Å². The molecule has 6 nitrogen and oxygen atoms in total. The van der Waals surface area contributed by atoms with Gasteiger partial charge in [-0.1, -0.05) is 72.8 Å². The molecule has 0 spiro atoms. The molecule has 1 heterocycles. The van der Waals surface area contributed by atoms with E-state index in [0.29, 0.717) is 0 Å². The minimum absolute atomic E-state index is 0. The molecule has 0 aliphatic carbocycles. The largest absolute Gasteiger partial charge is 0.455 e. The minimum atomic E-state index is -2.34. The van der Waals surface area contributed by atoms with Crippen molar-refractivity contribution in [2.45, 2.75) is 19.0 Å². The highest BCUT2D eigenvalue weighted by molar-refractivity contribution is 6.03. The molecule has 0 N–H and O–H groups in total. The highest BCUT2D eigenvalue weighted by Gasteiger charge is 2.59. The number of benzene rings is 3. The maximum Gasteiger partial charge on any atom is 0.453 e. The van der Waals surface area contributed by atoms with Crippen LogP contribution in [0, 0.1) is 0 Å². The zero-order chi connectivity index (χ0) is 20.1. The van der Waals surface area contributed by atoms with E-state index in [0.717, 1.165) is 11.1 Å². The summed E-state index contributed by atoms with van der Waals surface area (Å²) in [6.45, 7) is -0.0626. The number of para-hydroxylation sites is 2. The van der Waals surface area contributed by atoms with Crippen LogP contribution in [0.2, 0.25) is 0 Å². The summed E-state index contributed by atoms with van der Waals surface area (Å²) in [5.74, 6) is -3.76. The Balaban J connectivity index is 0.00000256. The number of carbonyl (C=O) groups excluding carboxylic acids is 2. The van der Waals surface area contributed by atoms with E-state index in [9.17, 15) is 9.59 Å². The molecule has 154 valence electrons. The highest BCUT2D eigenvalue weighted by atomic mass is 35.5. The summed E-state index contributed by atoms with van der Waals surface area (Å²) in [5, 5.41) is 0. The molecule has 0 amide bonds. The molecule has 1 aliphatic rings. The summed E-state index contributed by atoms with van der Waals surface area (Å²) in [6, 6.07) is 24.9. The number of carbonyl (C=O) groups is 2. The number of ether oxygens (including phenoxy) is 4. The van der Waals surface area contributed by atoms with Gasteiger partial charge in [-0.3, -0.25) is 0 Å². The lowest BCUT2D eigenvalue weighted by Gasteiger charge is -2.23. The van der Waals surface area contributed by atoms with Gasteiger partial charge >= 0.3 is 17.7 Å². The van der Waals surface area contributed by atoms with Crippen molar-refractivity contribution < 1.29 is 28.5 Å². The van der Waals surface area contributed by atoms with Gasteiger partial charge in [0.05, 0.1) is 0 Å². The van der Waals surface area contributed by atoms with Crippen LogP contribution in [0.4, 0.5) is 0 Å². The van der Waals surface area contributed by atoms with Crippen LogP contribution in [0.15, 0.2) is 84.9 Å². The van der Waals surface area contributed by atoms with Gasteiger partial charge in [-0.05, 0) is 23.3 Å². The third-order valence-corrected chi connectivity index (χ3v) is 4.32. The lowest BCUT2D eigenvalue weighted by molar-refractivity contribution is -0.204. The fraction of sp³-hybridized carbons (Fsp3) is 0.130. The summed E-state index contributed by atoms with van der Waals surface area (Å²) >= 11 is 0. The van der Waals surface area contributed by atoms with E-state index >= 15 is 0 Å². The molecule has 0 bridgehead atoms. The maximum atomic E-state index is 12.9. The molecule has 0 unspecified atom stereocenters. The summed E-state index contributed by atoms with van der Waals surface area (Å²) in [7, 11) is 0. The van der Waals surface area contributed by atoms with E-state index in [4.69, 9.17) is 18.9 Å². The lowest BCUT2D eigenvalue weighted by atomic mass is 10.2. The van der Waals surface area contributed by atoms with Crippen LogP contribution in [-0.4, -0.2) is 17.7 Å². The van der Waals surface area contributed by atoms with E-state index in [2.05, 4.69) is 0 Å². The average molecular weight is 427 g/mol. The topological polar surface area (TPSA) is 71.1 Å². The molecule has 3 aromatic carbocycles. The first-order chi connectivity index (χ1) is 14.2. The first kappa shape index (κ1) is 21.2. The fourth-order valence-corrected chi connectivity index (χ4v) is 2.84. The standard InChI is InChI=1S/C23H18O6.ClH/c24-21(26-15-17-9-3-1-4-10-17)23(28-19-13-7-8-14-20(19)29-23)22(25)27-16-18-11-5-2-6-12-18;/h1-14H,15-16H2;1H. The second kappa shape index (κ2) is 9.33. The van der Waals surface area contributed by atoms with Crippen molar-refractivity contribution in [1.29, 1.82) is 0 Å². The number of halogens is 1. The molecule has 0 fully saturated rings. The van der Waals surface area contributed by atoms with E-state index < -0.39 is 17.7 Å². The van der Waals surface area contributed by atoms with Gasteiger partial charge in [0.1, 0.15) is 13.2 Å². The third-order valence-electron chi connectivity index (χ3n) is 4.32. The quantitative estimate of drug-likeness (QED) is 0.437. The van der Waals surface area contributed by atoms with Gasteiger partial charge in [0.15, 0.2) is 11.5 Å². The summed E-state index contributed by atoms with van der Waals surface area (Å²) in [6.07, 6.45) is 0. The molecule has 1 aliphatic heterocycles. The minimum Gasteiger partial charge on any atom is -0.455 e. The van der Waals surface area contributed by atoms with Crippen LogP contribution in [0.5, 0.6) is 11.5 Å². The second-order valence-electron chi connectivity index (χ2n) is 6.39. The lowest BCUT2D eigenvalue weighted by Crippen LogP contribution is -2.55. The van der Waals surface area contributed by atoms with Crippen molar-refractivity contribution in [3.05, 3.63) is 96.1 Å². The molecule has 30 heavy (non-hydrogen) atoms. The van der Waals surface area contributed by atoms with E-state index in [1.54, 1.807) is 48.5 Å². The number of esters is 2. The Bertz CT molecular complexity index is 924. The number of fused-ring (bicyclic) bond motifs is 1.